The molecular formula is C10H10FNO2. The smallest absolute Gasteiger partial charge is 0.217 e. The lowest BCUT2D eigenvalue weighted by Crippen LogP contribution is -2.26. The highest BCUT2D eigenvalue weighted by molar-refractivity contribution is 5.73. The second-order valence-corrected chi connectivity index (χ2v) is 3.25. The quantitative estimate of drug-likeness (QED) is 0.735. The molecule has 0 fully saturated rings. The zero-order valence-electron chi connectivity index (χ0n) is 7.71. The van der Waals surface area contributed by atoms with E-state index in [1.165, 1.54) is 19.1 Å². The number of ether oxygens (including phenoxy) is 1. The van der Waals surface area contributed by atoms with Crippen LogP contribution < -0.4 is 10.1 Å². The van der Waals surface area contributed by atoms with Crippen LogP contribution in [0.1, 0.15) is 18.5 Å². The molecular weight excluding hydrogens is 185 g/mol. The number of carbonyl (C=O) groups is 1. The van der Waals surface area contributed by atoms with E-state index in [0.717, 1.165) is 0 Å². The lowest BCUT2D eigenvalue weighted by molar-refractivity contribution is -0.119. The molecule has 0 saturated heterocycles. The molecule has 1 aliphatic rings. The Hall–Kier alpha value is -1.58. The van der Waals surface area contributed by atoms with Gasteiger partial charge in [-0.2, -0.15) is 0 Å². The van der Waals surface area contributed by atoms with Gasteiger partial charge in [-0.1, -0.05) is 0 Å². The summed E-state index contributed by atoms with van der Waals surface area (Å²) in [5, 5.41) is 2.69. The third kappa shape index (κ3) is 1.55. The van der Waals surface area contributed by atoms with E-state index in [-0.39, 0.29) is 17.8 Å². The molecule has 0 aliphatic carbocycles. The van der Waals surface area contributed by atoms with Crippen LogP contribution in [-0.2, 0) is 4.79 Å². The second kappa shape index (κ2) is 3.29. The third-order valence-corrected chi connectivity index (χ3v) is 2.13. The van der Waals surface area contributed by atoms with Gasteiger partial charge in [-0.15, -0.1) is 0 Å². The Balaban J connectivity index is 2.28. The van der Waals surface area contributed by atoms with E-state index in [4.69, 9.17) is 4.74 Å². The summed E-state index contributed by atoms with van der Waals surface area (Å²) in [6, 6.07) is 4.09. The summed E-state index contributed by atoms with van der Waals surface area (Å²) in [7, 11) is 0. The van der Waals surface area contributed by atoms with Gasteiger partial charge in [0.05, 0.1) is 6.04 Å². The molecule has 1 aromatic rings. The Labute approximate surface area is 80.9 Å². The molecule has 1 heterocycles. The van der Waals surface area contributed by atoms with Crippen molar-refractivity contribution >= 4 is 5.91 Å². The lowest BCUT2D eigenvalue weighted by atomic mass is 10.1. The Morgan fingerprint density at radius 3 is 3.14 bits per heavy atom. The largest absolute Gasteiger partial charge is 0.491 e. The molecule has 0 spiro atoms. The topological polar surface area (TPSA) is 38.3 Å². The van der Waals surface area contributed by atoms with Crippen LogP contribution in [-0.4, -0.2) is 12.5 Å². The average Bonchev–Trinajstić information content (AvgIpc) is 2.47. The van der Waals surface area contributed by atoms with E-state index < -0.39 is 0 Å². The van der Waals surface area contributed by atoms with Crippen molar-refractivity contribution in [3.8, 4) is 5.75 Å². The molecule has 3 nitrogen and oxygen atoms in total. The van der Waals surface area contributed by atoms with E-state index in [1.807, 2.05) is 0 Å². The first-order valence-corrected chi connectivity index (χ1v) is 4.36. The predicted octanol–water partition coefficient (Wildman–Crippen LogP) is 1.40. The number of fused-ring (bicyclic) bond motifs is 1. The Bertz CT molecular complexity index is 378. The molecule has 1 N–H and O–H groups in total. The minimum absolute atomic E-state index is 0.143. The number of nitrogens with one attached hydrogen (secondary N) is 1. The van der Waals surface area contributed by atoms with Gasteiger partial charge in [0.25, 0.3) is 0 Å². The summed E-state index contributed by atoms with van der Waals surface area (Å²) < 4.78 is 18.2. The fourth-order valence-corrected chi connectivity index (χ4v) is 1.55. The van der Waals surface area contributed by atoms with Crippen molar-refractivity contribution in [3.63, 3.8) is 0 Å². The molecule has 0 radical (unpaired) electrons. The van der Waals surface area contributed by atoms with Crippen LogP contribution in [0.15, 0.2) is 18.2 Å². The maximum atomic E-state index is 12.9. The summed E-state index contributed by atoms with van der Waals surface area (Å²) in [5.41, 5.74) is 0.709. The first-order valence-electron chi connectivity index (χ1n) is 4.36. The van der Waals surface area contributed by atoms with Gasteiger partial charge >= 0.3 is 0 Å². The van der Waals surface area contributed by atoms with Crippen LogP contribution in [0.2, 0.25) is 0 Å². The Kier molecular flexibility index (Phi) is 2.11. The van der Waals surface area contributed by atoms with Gasteiger partial charge in [0.15, 0.2) is 0 Å². The van der Waals surface area contributed by atoms with Crippen molar-refractivity contribution < 1.29 is 13.9 Å². The van der Waals surface area contributed by atoms with Gasteiger partial charge in [-0.3, -0.25) is 4.79 Å². The molecule has 1 aromatic carbocycles. The number of rotatable bonds is 1. The van der Waals surface area contributed by atoms with Gasteiger partial charge in [-0.25, -0.2) is 4.39 Å². The highest BCUT2D eigenvalue weighted by Gasteiger charge is 2.24. The zero-order valence-corrected chi connectivity index (χ0v) is 7.71. The third-order valence-electron chi connectivity index (χ3n) is 2.13. The van der Waals surface area contributed by atoms with Gasteiger partial charge in [-0.05, 0) is 18.2 Å². The average molecular weight is 195 g/mol. The first-order chi connectivity index (χ1) is 6.66. The number of benzene rings is 1. The van der Waals surface area contributed by atoms with Crippen LogP contribution in [0.3, 0.4) is 0 Å². The van der Waals surface area contributed by atoms with E-state index in [0.29, 0.717) is 17.9 Å². The summed E-state index contributed by atoms with van der Waals surface area (Å²) >= 11 is 0. The van der Waals surface area contributed by atoms with Crippen molar-refractivity contribution in [2.24, 2.45) is 0 Å². The Morgan fingerprint density at radius 1 is 1.64 bits per heavy atom. The van der Waals surface area contributed by atoms with Gasteiger partial charge in [0, 0.05) is 12.5 Å². The van der Waals surface area contributed by atoms with Gasteiger partial charge in [0.1, 0.15) is 18.2 Å². The summed E-state index contributed by atoms with van der Waals surface area (Å²) in [6.07, 6.45) is 0. The molecule has 0 bridgehead atoms. The van der Waals surface area contributed by atoms with Crippen LogP contribution in [0.4, 0.5) is 4.39 Å². The number of hydrogen-bond acceptors (Lipinski definition) is 2. The molecule has 1 amide bonds. The van der Waals surface area contributed by atoms with Crippen LogP contribution in [0.5, 0.6) is 5.75 Å². The van der Waals surface area contributed by atoms with Crippen molar-refractivity contribution in [3.05, 3.63) is 29.6 Å². The first kappa shape index (κ1) is 8.99. The molecule has 1 unspecified atom stereocenters. The maximum absolute atomic E-state index is 12.9. The molecule has 14 heavy (non-hydrogen) atoms. The van der Waals surface area contributed by atoms with Crippen molar-refractivity contribution in [1.82, 2.24) is 5.32 Å². The number of hydrogen-bond donors (Lipinski definition) is 1. The summed E-state index contributed by atoms with van der Waals surface area (Å²) in [4.78, 5) is 10.8. The van der Waals surface area contributed by atoms with Crippen molar-refractivity contribution in [2.45, 2.75) is 13.0 Å². The minimum atomic E-state index is -0.315. The van der Waals surface area contributed by atoms with E-state index in [1.54, 1.807) is 6.07 Å². The molecule has 74 valence electrons. The van der Waals surface area contributed by atoms with E-state index >= 15 is 0 Å². The summed E-state index contributed by atoms with van der Waals surface area (Å²) in [5.74, 6) is 0.186. The molecule has 0 aromatic heterocycles. The van der Waals surface area contributed by atoms with E-state index in [9.17, 15) is 9.18 Å². The summed E-state index contributed by atoms with van der Waals surface area (Å²) in [6.45, 7) is 1.80. The monoisotopic (exact) mass is 195 g/mol. The molecule has 1 aliphatic heterocycles. The highest BCUT2D eigenvalue weighted by atomic mass is 19.1. The standard InChI is InChI=1S/C10H10FNO2/c1-6(13)12-9-5-14-10-3-2-7(11)4-8(9)10/h2-4,9H,5H2,1H3,(H,12,13). The normalized spacial score (nSPS) is 18.6. The highest BCUT2D eigenvalue weighted by Crippen LogP contribution is 2.32. The molecule has 2 rings (SSSR count). The van der Waals surface area contributed by atoms with E-state index in [2.05, 4.69) is 5.32 Å². The SMILES string of the molecule is CC(=O)NC1COc2ccc(F)cc21. The van der Waals surface area contributed by atoms with Crippen LogP contribution in [0, 0.1) is 5.82 Å². The molecule has 0 saturated carbocycles. The number of carbonyl (C=O) groups excluding carboxylic acids is 1. The zero-order chi connectivity index (χ0) is 10.1. The van der Waals surface area contributed by atoms with Gasteiger partial charge in [0.2, 0.25) is 5.91 Å². The fraction of sp³-hybridized carbons (Fsp3) is 0.300. The predicted molar refractivity (Wildman–Crippen MR) is 48.5 cm³/mol. The number of halogens is 1. The lowest BCUT2D eigenvalue weighted by Gasteiger charge is -2.08. The van der Waals surface area contributed by atoms with Crippen LogP contribution >= 0.6 is 0 Å². The molecule has 4 heteroatoms. The second-order valence-electron chi connectivity index (χ2n) is 3.25. The van der Waals surface area contributed by atoms with Crippen LogP contribution in [0.25, 0.3) is 0 Å². The van der Waals surface area contributed by atoms with Crippen molar-refractivity contribution in [1.29, 1.82) is 0 Å². The van der Waals surface area contributed by atoms with Crippen molar-refractivity contribution in [2.75, 3.05) is 6.61 Å². The fourth-order valence-electron chi connectivity index (χ4n) is 1.55. The van der Waals surface area contributed by atoms with Gasteiger partial charge < -0.3 is 10.1 Å². The number of amides is 1. The molecule has 1 atom stereocenters. The Morgan fingerprint density at radius 2 is 2.43 bits per heavy atom. The maximum Gasteiger partial charge on any atom is 0.217 e. The minimum Gasteiger partial charge on any atom is -0.491 e.